The van der Waals surface area contributed by atoms with Crippen LogP contribution in [0, 0.1) is 15.3 Å². The maximum atomic E-state index is 9.16. The summed E-state index contributed by atoms with van der Waals surface area (Å²) in [6.07, 6.45) is 0. The first-order valence-electron chi connectivity index (χ1n) is 1.19. The summed E-state index contributed by atoms with van der Waals surface area (Å²) in [5.41, 5.74) is 0. The van der Waals surface area contributed by atoms with Gasteiger partial charge in [0.05, 0.1) is 5.09 Å². The molecule has 0 bridgehead atoms. The number of halogens is 2. The topological polar surface area (TPSA) is 100 Å². The summed E-state index contributed by atoms with van der Waals surface area (Å²) < 4.78 is 18.3. The van der Waals surface area contributed by atoms with E-state index in [1.54, 1.807) is 0 Å². The van der Waals surface area contributed by atoms with Gasteiger partial charge in [0.1, 0.15) is 0 Å². The second-order valence-electron chi connectivity index (χ2n) is 0.602. The summed E-state index contributed by atoms with van der Waals surface area (Å²) in [6, 6.07) is 0. The molecule has 0 aromatic rings. The summed E-state index contributed by atoms with van der Waals surface area (Å²) in [6.45, 7) is 0. The van der Waals surface area contributed by atoms with Crippen LogP contribution in [-0.4, -0.2) is 13.5 Å². The van der Waals surface area contributed by atoms with E-state index < -0.39 is 13.4 Å². The van der Waals surface area contributed by atoms with Crippen LogP contribution < -0.4 is 51.4 Å². The molecule has 0 radical (unpaired) electrons. The Morgan fingerprint density at radius 1 is 1.20 bits per heavy atom. The zero-order valence-corrected chi connectivity index (χ0v) is 10.1. The average Bonchev–Trinajstić information content (AvgIpc) is 1.19. The number of rotatable bonds is 0. The molecule has 0 atom stereocenters. The Morgan fingerprint density at radius 2 is 1.20 bits per heavy atom. The Hall–Kier alpha value is 1.37. The summed E-state index contributed by atoms with van der Waals surface area (Å²) in [7, 11) is 4.81. The van der Waals surface area contributed by atoms with Crippen molar-refractivity contribution in [1.82, 2.24) is 0 Å². The second-order valence-corrected chi connectivity index (χ2v) is 4.27. The van der Waals surface area contributed by atoms with Gasteiger partial charge in [0, 0.05) is 21.4 Å². The summed E-state index contributed by atoms with van der Waals surface area (Å²) in [4.78, 5) is 8.25. The van der Waals surface area contributed by atoms with Crippen molar-refractivity contribution in [2.45, 2.75) is 0 Å². The van der Waals surface area contributed by atoms with Gasteiger partial charge in [-0.15, -0.1) is 0 Å². The molecule has 0 saturated carbocycles. The molecule has 0 aliphatic rings. The smallest absolute Gasteiger partial charge is 0.356 e. The van der Waals surface area contributed by atoms with Gasteiger partial charge in [-0.25, -0.2) is 0 Å². The standard InChI is InChI=1S/Cl2O2S.K.NO3/c1-5(2,3)4;;2-1(3)4/q;+1;-1. The molecule has 0 unspecified atom stereocenters. The molecular weight excluding hydrogens is 236 g/mol. The fourth-order valence-corrected chi connectivity index (χ4v) is 0. The Morgan fingerprint density at radius 3 is 1.20 bits per heavy atom. The van der Waals surface area contributed by atoms with Crippen molar-refractivity contribution >= 4 is 29.6 Å². The zero-order chi connectivity index (χ0) is 8.08. The first-order valence-corrected chi connectivity index (χ1v) is 4.33. The monoisotopic (exact) mass is 235 g/mol. The number of hydrogen-bond donors (Lipinski definition) is 0. The largest absolute Gasteiger partial charge is 1.00 e. The predicted octanol–water partition coefficient (Wildman–Crippen LogP) is -2.53. The molecule has 0 fully saturated rings. The van der Waals surface area contributed by atoms with E-state index in [4.69, 9.17) is 23.7 Å². The molecule has 10 heavy (non-hydrogen) atoms. The van der Waals surface area contributed by atoms with Crippen LogP contribution in [0.25, 0.3) is 0 Å². The van der Waals surface area contributed by atoms with Crippen LogP contribution >= 0.6 is 21.4 Å². The van der Waals surface area contributed by atoms with Crippen LogP contribution in [-0.2, 0) is 8.26 Å². The quantitative estimate of drug-likeness (QED) is 0.200. The SMILES string of the molecule is O=S(=O)(Cl)Cl.O=[N+]([O-])[O-].[K+]. The van der Waals surface area contributed by atoms with Gasteiger partial charge in [0.15, 0.2) is 0 Å². The fourth-order valence-electron chi connectivity index (χ4n) is 0. The van der Waals surface area contributed by atoms with E-state index in [1.807, 2.05) is 0 Å². The van der Waals surface area contributed by atoms with E-state index in [1.165, 1.54) is 0 Å². The third-order valence-corrected chi connectivity index (χ3v) is 0. The third kappa shape index (κ3) is 351. The van der Waals surface area contributed by atoms with E-state index >= 15 is 0 Å². The van der Waals surface area contributed by atoms with Crippen molar-refractivity contribution in [2.24, 2.45) is 0 Å². The maximum absolute atomic E-state index is 9.16. The zero-order valence-electron chi connectivity index (χ0n) is 4.65. The summed E-state index contributed by atoms with van der Waals surface area (Å²) in [5.74, 6) is 0. The van der Waals surface area contributed by atoms with Gasteiger partial charge in [-0.2, -0.15) is 8.42 Å². The van der Waals surface area contributed by atoms with Crippen molar-refractivity contribution in [3.8, 4) is 0 Å². The molecule has 0 spiro atoms. The molecule has 0 aliphatic carbocycles. The van der Waals surface area contributed by atoms with Crippen molar-refractivity contribution in [2.75, 3.05) is 0 Å². The Bertz CT molecular complexity index is 162. The molecule has 0 aromatic carbocycles. The molecule has 0 aromatic heterocycles. The summed E-state index contributed by atoms with van der Waals surface area (Å²) >= 11 is 0. The minimum Gasteiger partial charge on any atom is -0.356 e. The molecule has 0 amide bonds. The average molecular weight is 236 g/mol. The van der Waals surface area contributed by atoms with Crippen molar-refractivity contribution < 1.29 is 64.9 Å². The molecule has 0 heterocycles. The van der Waals surface area contributed by atoms with Crippen LogP contribution in [0.4, 0.5) is 0 Å². The molecule has 6 nitrogen and oxygen atoms in total. The Labute approximate surface area is 108 Å². The van der Waals surface area contributed by atoms with Crippen molar-refractivity contribution in [1.29, 1.82) is 0 Å². The minimum atomic E-state index is -3.72. The van der Waals surface area contributed by atoms with Crippen molar-refractivity contribution in [3.63, 3.8) is 0 Å². The first kappa shape index (κ1) is 17.5. The molecular formula is Cl2KNO5S. The van der Waals surface area contributed by atoms with Gasteiger partial charge in [-0.3, -0.25) is 0 Å². The predicted molar refractivity (Wildman–Crippen MR) is 31.0 cm³/mol. The van der Waals surface area contributed by atoms with Gasteiger partial charge >= 0.3 is 59.6 Å². The molecule has 0 aliphatic heterocycles. The number of hydrogen-bond acceptors (Lipinski definition) is 5. The minimum absolute atomic E-state index is 0. The normalized spacial score (nSPS) is 8.20. The fraction of sp³-hybridized carbons (Fsp3) is 0. The van der Waals surface area contributed by atoms with Crippen molar-refractivity contribution in [3.05, 3.63) is 15.3 Å². The van der Waals surface area contributed by atoms with Gasteiger partial charge in [0.25, 0.3) is 0 Å². The van der Waals surface area contributed by atoms with Crippen LogP contribution in [0.15, 0.2) is 0 Å². The van der Waals surface area contributed by atoms with E-state index in [-0.39, 0.29) is 51.4 Å². The van der Waals surface area contributed by atoms with E-state index in [2.05, 4.69) is 21.4 Å². The molecule has 56 valence electrons. The molecule has 0 N–H and O–H groups in total. The first-order chi connectivity index (χ1) is 3.73. The summed E-state index contributed by atoms with van der Waals surface area (Å²) in [5, 5.41) is 14.8. The number of nitrogens with zero attached hydrogens (tertiary/aromatic N) is 1. The maximum Gasteiger partial charge on any atom is 1.00 e. The van der Waals surface area contributed by atoms with Crippen LogP contribution in [0.5, 0.6) is 0 Å². The molecule has 10 heteroatoms. The van der Waals surface area contributed by atoms with Gasteiger partial charge < -0.3 is 15.3 Å². The van der Waals surface area contributed by atoms with E-state index in [9.17, 15) is 0 Å². The van der Waals surface area contributed by atoms with E-state index in [0.717, 1.165) is 0 Å². The molecule has 0 rings (SSSR count). The van der Waals surface area contributed by atoms with Crippen LogP contribution in [0.1, 0.15) is 0 Å². The van der Waals surface area contributed by atoms with Gasteiger partial charge in [-0.1, -0.05) is 0 Å². The van der Waals surface area contributed by atoms with Crippen LogP contribution in [0.2, 0.25) is 0 Å². The Kier molecular flexibility index (Phi) is 14.8. The Balaban J connectivity index is -0.0000000910. The van der Waals surface area contributed by atoms with Gasteiger partial charge in [0.2, 0.25) is 0 Å². The van der Waals surface area contributed by atoms with E-state index in [0.29, 0.717) is 0 Å². The molecule has 0 saturated heterocycles. The van der Waals surface area contributed by atoms with Crippen LogP contribution in [0.3, 0.4) is 0 Å². The van der Waals surface area contributed by atoms with Gasteiger partial charge in [-0.05, 0) is 0 Å². The second kappa shape index (κ2) is 8.46. The third-order valence-electron chi connectivity index (χ3n) is 0.